The minimum Gasteiger partial charge on any atom is -0.208 e. The number of aromatic nitrogens is 3. The summed E-state index contributed by atoms with van der Waals surface area (Å²) < 4.78 is 0. The van der Waals surface area contributed by atoms with Crippen molar-refractivity contribution in [1.29, 1.82) is 0 Å². The fraction of sp³-hybridized carbons (Fsp3) is 0.0263. The molecule has 3 heteroatoms. The molecule has 0 aliphatic heterocycles. The van der Waals surface area contributed by atoms with Crippen LogP contribution < -0.4 is 0 Å². The van der Waals surface area contributed by atoms with Crippen LogP contribution in [-0.2, 0) is 6.42 Å². The molecule has 0 spiro atoms. The van der Waals surface area contributed by atoms with Crippen molar-refractivity contribution < 1.29 is 0 Å². The first kappa shape index (κ1) is 23.5. The molecule has 0 atom stereocenters. The molecule has 0 saturated carbocycles. The van der Waals surface area contributed by atoms with E-state index in [0.717, 1.165) is 28.7 Å². The minimum absolute atomic E-state index is 0.662. The smallest absolute Gasteiger partial charge is 0.164 e. The Bertz CT molecular complexity index is 2010. The molecule has 7 aromatic rings. The van der Waals surface area contributed by atoms with Gasteiger partial charge < -0.3 is 0 Å². The van der Waals surface area contributed by atoms with Crippen LogP contribution in [0.5, 0.6) is 0 Å². The van der Waals surface area contributed by atoms with Gasteiger partial charge in [-0.1, -0.05) is 127 Å². The highest BCUT2D eigenvalue weighted by atomic mass is 15.0. The van der Waals surface area contributed by atoms with E-state index in [1.807, 2.05) is 60.7 Å². The van der Waals surface area contributed by atoms with E-state index in [1.54, 1.807) is 0 Å². The third kappa shape index (κ3) is 4.19. The predicted octanol–water partition coefficient (Wildman–Crippen LogP) is 9.26. The van der Waals surface area contributed by atoms with Crippen molar-refractivity contribution in [2.24, 2.45) is 0 Å². The van der Waals surface area contributed by atoms with Crippen molar-refractivity contribution in [3.8, 4) is 56.4 Å². The number of nitrogens with zero attached hydrogens (tertiary/aromatic N) is 3. The summed E-state index contributed by atoms with van der Waals surface area (Å²) in [5.74, 6) is 1.99. The maximum Gasteiger partial charge on any atom is 0.164 e. The summed E-state index contributed by atoms with van der Waals surface area (Å²) >= 11 is 0. The summed E-state index contributed by atoms with van der Waals surface area (Å²) in [6.07, 6.45) is 1.01. The summed E-state index contributed by atoms with van der Waals surface area (Å²) in [6.45, 7) is 0. The van der Waals surface area contributed by atoms with E-state index in [2.05, 4.69) is 78.9 Å². The monoisotopic (exact) mass is 523 g/mol. The Labute approximate surface area is 238 Å². The quantitative estimate of drug-likeness (QED) is 0.231. The van der Waals surface area contributed by atoms with Crippen molar-refractivity contribution >= 4 is 10.8 Å². The summed E-state index contributed by atoms with van der Waals surface area (Å²) in [5, 5.41) is 2.56. The summed E-state index contributed by atoms with van der Waals surface area (Å²) in [7, 11) is 0. The van der Waals surface area contributed by atoms with Gasteiger partial charge >= 0.3 is 0 Å². The van der Waals surface area contributed by atoms with E-state index in [4.69, 9.17) is 15.0 Å². The molecule has 0 radical (unpaired) electrons. The van der Waals surface area contributed by atoms with Gasteiger partial charge in [-0.15, -0.1) is 0 Å². The molecule has 3 nitrogen and oxygen atoms in total. The number of fused-ring (bicyclic) bond motifs is 5. The number of benzene rings is 6. The lowest BCUT2D eigenvalue weighted by Crippen LogP contribution is -2.00. The maximum atomic E-state index is 4.92. The second-order valence-electron chi connectivity index (χ2n) is 10.5. The van der Waals surface area contributed by atoms with Crippen LogP contribution in [0.3, 0.4) is 0 Å². The van der Waals surface area contributed by atoms with Crippen molar-refractivity contribution in [2.45, 2.75) is 6.42 Å². The van der Waals surface area contributed by atoms with E-state index in [0.29, 0.717) is 17.5 Å². The molecule has 1 aliphatic carbocycles. The standard InChI is InChI=1S/C38H25N3/c1-3-10-25(11-4-1)36-39-37(26-12-5-2-6-13-26)41-38(40-36)32-16-9-15-27(23-32)28-20-21-34-30(22-28)18-19-31-24-29-14-7-8-17-33(29)35(31)34/h1-23H,24H2. The first-order valence-electron chi connectivity index (χ1n) is 13.9. The van der Waals surface area contributed by atoms with E-state index in [1.165, 1.54) is 38.6 Å². The molecule has 0 bridgehead atoms. The van der Waals surface area contributed by atoms with Crippen LogP contribution in [0.4, 0.5) is 0 Å². The van der Waals surface area contributed by atoms with Crippen LogP contribution >= 0.6 is 0 Å². The van der Waals surface area contributed by atoms with Crippen molar-refractivity contribution in [1.82, 2.24) is 15.0 Å². The Morgan fingerprint density at radius 1 is 0.390 bits per heavy atom. The summed E-state index contributed by atoms with van der Waals surface area (Å²) in [5.41, 5.74) is 10.8. The Balaban J connectivity index is 1.23. The Hall–Kier alpha value is -5.41. The average molecular weight is 524 g/mol. The normalized spacial score (nSPS) is 11.8. The maximum absolute atomic E-state index is 4.92. The minimum atomic E-state index is 0.662. The zero-order valence-electron chi connectivity index (χ0n) is 22.3. The van der Waals surface area contributed by atoms with E-state index in [9.17, 15) is 0 Å². The summed E-state index contributed by atoms with van der Waals surface area (Å²) in [4.78, 5) is 14.7. The van der Waals surface area contributed by atoms with Gasteiger partial charge in [0.1, 0.15) is 0 Å². The van der Waals surface area contributed by atoms with Gasteiger partial charge in [0.25, 0.3) is 0 Å². The fourth-order valence-electron chi connectivity index (χ4n) is 5.92. The van der Waals surface area contributed by atoms with Gasteiger partial charge in [0.15, 0.2) is 17.5 Å². The summed E-state index contributed by atoms with van der Waals surface area (Å²) in [6, 6.07) is 48.8. The second kappa shape index (κ2) is 9.65. The molecule has 6 aromatic carbocycles. The van der Waals surface area contributed by atoms with Crippen molar-refractivity contribution in [3.63, 3.8) is 0 Å². The second-order valence-corrected chi connectivity index (χ2v) is 10.5. The highest BCUT2D eigenvalue weighted by molar-refractivity contribution is 6.02. The van der Waals surface area contributed by atoms with Crippen LogP contribution in [0.15, 0.2) is 140 Å². The molecule has 1 aromatic heterocycles. The van der Waals surface area contributed by atoms with Gasteiger partial charge in [-0.3, -0.25) is 0 Å². The first-order chi connectivity index (χ1) is 20.3. The van der Waals surface area contributed by atoms with Crippen LogP contribution in [0.2, 0.25) is 0 Å². The zero-order chi connectivity index (χ0) is 27.2. The molecule has 1 aliphatic rings. The lowest BCUT2D eigenvalue weighted by Gasteiger charge is -2.11. The van der Waals surface area contributed by atoms with E-state index < -0.39 is 0 Å². The molecular weight excluding hydrogens is 498 g/mol. The van der Waals surface area contributed by atoms with Gasteiger partial charge in [-0.25, -0.2) is 15.0 Å². The molecule has 192 valence electrons. The number of rotatable bonds is 4. The van der Waals surface area contributed by atoms with Gasteiger partial charge in [0, 0.05) is 16.7 Å². The third-order valence-electron chi connectivity index (χ3n) is 7.93. The number of hydrogen-bond donors (Lipinski definition) is 0. The largest absolute Gasteiger partial charge is 0.208 e. The molecule has 0 saturated heterocycles. The van der Waals surface area contributed by atoms with Crippen LogP contribution in [0.1, 0.15) is 11.1 Å². The Morgan fingerprint density at radius 2 is 0.976 bits per heavy atom. The zero-order valence-corrected chi connectivity index (χ0v) is 22.3. The van der Waals surface area contributed by atoms with Gasteiger partial charge in [0.2, 0.25) is 0 Å². The van der Waals surface area contributed by atoms with Gasteiger partial charge in [0.05, 0.1) is 0 Å². The van der Waals surface area contributed by atoms with Crippen molar-refractivity contribution in [3.05, 3.63) is 151 Å². The average Bonchev–Trinajstić information content (AvgIpc) is 3.44. The Kier molecular flexibility index (Phi) is 5.53. The lowest BCUT2D eigenvalue weighted by atomic mass is 9.94. The highest BCUT2D eigenvalue weighted by Crippen LogP contribution is 2.42. The molecule has 8 rings (SSSR count). The predicted molar refractivity (Wildman–Crippen MR) is 167 cm³/mol. The lowest BCUT2D eigenvalue weighted by molar-refractivity contribution is 1.07. The number of hydrogen-bond acceptors (Lipinski definition) is 3. The van der Waals surface area contributed by atoms with E-state index >= 15 is 0 Å². The van der Waals surface area contributed by atoms with Crippen LogP contribution in [0, 0.1) is 0 Å². The molecule has 0 unspecified atom stereocenters. The van der Waals surface area contributed by atoms with Crippen LogP contribution in [-0.4, -0.2) is 15.0 Å². The van der Waals surface area contributed by atoms with Gasteiger partial charge in [-0.05, 0) is 62.7 Å². The molecular formula is C38H25N3. The van der Waals surface area contributed by atoms with E-state index in [-0.39, 0.29) is 0 Å². The topological polar surface area (TPSA) is 38.7 Å². The van der Waals surface area contributed by atoms with Crippen molar-refractivity contribution in [2.75, 3.05) is 0 Å². The highest BCUT2D eigenvalue weighted by Gasteiger charge is 2.20. The first-order valence-corrected chi connectivity index (χ1v) is 13.9. The molecule has 0 N–H and O–H groups in total. The molecule has 41 heavy (non-hydrogen) atoms. The molecule has 0 fully saturated rings. The SMILES string of the molecule is c1ccc(-c2nc(-c3ccccc3)nc(-c3cccc(-c4ccc5c6c(ccc5c4)Cc4ccccc4-6)c3)n2)cc1. The third-order valence-corrected chi connectivity index (χ3v) is 7.93. The van der Waals surface area contributed by atoms with Crippen LogP contribution in [0.25, 0.3) is 67.2 Å². The fourth-order valence-corrected chi connectivity index (χ4v) is 5.92. The Morgan fingerprint density at radius 3 is 1.71 bits per heavy atom. The molecule has 0 amide bonds. The van der Waals surface area contributed by atoms with Gasteiger partial charge in [-0.2, -0.15) is 0 Å². The molecule has 1 heterocycles.